The zero-order valence-electron chi connectivity index (χ0n) is 12.5. The summed E-state index contributed by atoms with van der Waals surface area (Å²) in [6, 6.07) is 3.57. The lowest BCUT2D eigenvalue weighted by molar-refractivity contribution is 0.0567. The summed E-state index contributed by atoms with van der Waals surface area (Å²) in [5, 5.41) is 8.78. The fourth-order valence-electron chi connectivity index (χ4n) is 3.79. The summed E-state index contributed by atoms with van der Waals surface area (Å²) in [5.74, 6) is 0. The van der Waals surface area contributed by atoms with Crippen molar-refractivity contribution >= 4 is 8.07 Å². The Balaban J connectivity index is 2.85. The van der Waals surface area contributed by atoms with E-state index in [1.807, 2.05) is 0 Å². The second-order valence-electron chi connectivity index (χ2n) is 6.29. The summed E-state index contributed by atoms with van der Waals surface area (Å²) >= 11 is 0. The Labute approximate surface area is 114 Å². The van der Waals surface area contributed by atoms with Gasteiger partial charge in [0.1, 0.15) is 0 Å². The molecule has 1 aliphatic rings. The van der Waals surface area contributed by atoms with E-state index in [0.717, 1.165) is 24.1 Å². The maximum Gasteiger partial charge on any atom is 0.0927 e. The third-order valence-corrected chi connectivity index (χ3v) is 12.0. The van der Waals surface area contributed by atoms with Gasteiger partial charge in [0.05, 0.1) is 14.1 Å². The highest BCUT2D eigenvalue weighted by Gasteiger charge is 2.47. The average molecular weight is 267 g/mol. The topological polar surface area (TPSA) is 33.0 Å². The number of unbranched alkanes of at least 4 members (excludes halogenated alkanes) is 1. The summed E-state index contributed by atoms with van der Waals surface area (Å²) in [6.45, 7) is 10.5. The summed E-state index contributed by atoms with van der Waals surface area (Å²) in [6.07, 6.45) is 5.60. The van der Waals surface area contributed by atoms with Crippen LogP contribution in [-0.2, 0) is 4.74 Å². The van der Waals surface area contributed by atoms with Crippen molar-refractivity contribution < 1.29 is 4.74 Å². The van der Waals surface area contributed by atoms with E-state index in [9.17, 15) is 0 Å². The first-order valence-electron chi connectivity index (χ1n) is 7.54. The molecule has 0 amide bonds. The third kappa shape index (κ3) is 3.36. The predicted octanol–water partition coefficient (Wildman–Crippen LogP) is 4.67. The Kier molecular flexibility index (Phi) is 6.38. The molecule has 18 heavy (non-hydrogen) atoms. The summed E-state index contributed by atoms with van der Waals surface area (Å²) in [7, 11) is -1.46. The van der Waals surface area contributed by atoms with Gasteiger partial charge in [-0.3, -0.25) is 0 Å². The van der Waals surface area contributed by atoms with E-state index < -0.39 is 8.07 Å². The third-order valence-electron chi connectivity index (χ3n) is 4.83. The second-order valence-corrected chi connectivity index (χ2v) is 12.0. The van der Waals surface area contributed by atoms with Crippen LogP contribution in [0.1, 0.15) is 59.8 Å². The number of nitriles is 1. The van der Waals surface area contributed by atoms with Crippen LogP contribution in [0.15, 0.2) is 0 Å². The first-order chi connectivity index (χ1) is 8.55. The minimum atomic E-state index is -1.46. The molecular formula is C15H29NOSi. The minimum Gasteiger partial charge on any atom is -0.382 e. The van der Waals surface area contributed by atoms with Crippen molar-refractivity contribution in [2.24, 2.45) is 0 Å². The lowest BCUT2D eigenvalue weighted by Crippen LogP contribution is -2.55. The van der Waals surface area contributed by atoms with Gasteiger partial charge in [0.25, 0.3) is 0 Å². The van der Waals surface area contributed by atoms with Crippen LogP contribution in [0.2, 0.25) is 17.1 Å². The van der Waals surface area contributed by atoms with Crippen LogP contribution in [0.3, 0.4) is 0 Å². The molecule has 2 nitrogen and oxygen atoms in total. The molecule has 0 radical (unpaired) electrons. The van der Waals surface area contributed by atoms with Crippen LogP contribution in [0.25, 0.3) is 0 Å². The predicted molar refractivity (Wildman–Crippen MR) is 79.2 cm³/mol. The molecule has 104 valence electrons. The lowest BCUT2D eigenvalue weighted by Gasteiger charge is -2.47. The van der Waals surface area contributed by atoms with Crippen LogP contribution in [0.4, 0.5) is 0 Å². The molecule has 0 aliphatic carbocycles. The Morgan fingerprint density at radius 3 is 2.33 bits per heavy atom. The molecule has 1 heterocycles. The first-order valence-corrected chi connectivity index (χ1v) is 9.98. The van der Waals surface area contributed by atoms with E-state index >= 15 is 0 Å². The highest BCUT2D eigenvalue weighted by molar-refractivity contribution is 6.83. The van der Waals surface area contributed by atoms with Gasteiger partial charge in [0.15, 0.2) is 0 Å². The van der Waals surface area contributed by atoms with Gasteiger partial charge in [-0.25, -0.2) is 0 Å². The maximum atomic E-state index is 8.78. The Morgan fingerprint density at radius 1 is 1.22 bits per heavy atom. The van der Waals surface area contributed by atoms with Gasteiger partial charge in [0, 0.05) is 18.8 Å². The molecule has 3 heteroatoms. The van der Waals surface area contributed by atoms with E-state index in [0.29, 0.717) is 12.1 Å². The van der Waals surface area contributed by atoms with E-state index in [-0.39, 0.29) is 0 Å². The average Bonchev–Trinajstić information content (AvgIpc) is 2.35. The van der Waals surface area contributed by atoms with Gasteiger partial charge < -0.3 is 4.74 Å². The number of hydrogen-bond donors (Lipinski definition) is 0. The highest BCUT2D eigenvalue weighted by atomic mass is 28.3. The van der Waals surface area contributed by atoms with Gasteiger partial charge in [-0.2, -0.15) is 5.26 Å². The van der Waals surface area contributed by atoms with Crippen molar-refractivity contribution in [2.45, 2.75) is 82.7 Å². The molecule has 0 spiro atoms. The van der Waals surface area contributed by atoms with Crippen LogP contribution in [0.5, 0.6) is 0 Å². The molecule has 0 aromatic carbocycles. The van der Waals surface area contributed by atoms with Crippen molar-refractivity contribution in [3.05, 3.63) is 0 Å². The van der Waals surface area contributed by atoms with Crippen LogP contribution < -0.4 is 0 Å². The van der Waals surface area contributed by atoms with E-state index in [1.165, 1.54) is 25.3 Å². The Hall–Kier alpha value is -0.333. The van der Waals surface area contributed by atoms with Crippen molar-refractivity contribution in [2.75, 3.05) is 6.61 Å². The number of ether oxygens (including phenoxy) is 1. The largest absolute Gasteiger partial charge is 0.382 e. The van der Waals surface area contributed by atoms with Crippen molar-refractivity contribution in [1.29, 1.82) is 5.26 Å². The number of hydrogen-bond acceptors (Lipinski definition) is 2. The van der Waals surface area contributed by atoms with Crippen molar-refractivity contribution in [3.8, 4) is 6.07 Å². The molecule has 0 bridgehead atoms. The molecule has 1 atom stereocenters. The quantitative estimate of drug-likeness (QED) is 0.517. The second kappa shape index (κ2) is 7.30. The van der Waals surface area contributed by atoms with E-state index in [4.69, 9.17) is 10.00 Å². The molecule has 1 saturated heterocycles. The molecule has 1 unspecified atom stereocenters. The molecule has 1 aliphatic heterocycles. The first kappa shape index (κ1) is 15.7. The van der Waals surface area contributed by atoms with Gasteiger partial charge in [-0.15, -0.1) is 0 Å². The molecular weight excluding hydrogens is 238 g/mol. The normalized spacial score (nSPS) is 21.3. The van der Waals surface area contributed by atoms with Gasteiger partial charge in [-0.1, -0.05) is 33.7 Å². The SMILES string of the molecule is CC(C)[Si](CCCC#N)(C(C)C)C1CCCCO1. The van der Waals surface area contributed by atoms with Crippen molar-refractivity contribution in [1.82, 2.24) is 0 Å². The molecule has 0 N–H and O–H groups in total. The maximum absolute atomic E-state index is 8.78. The van der Waals surface area contributed by atoms with Crippen LogP contribution in [-0.4, -0.2) is 20.4 Å². The standard InChI is InChI=1S/C15H29NOSi/c1-13(2)18(14(3)4,12-8-6-10-16)15-9-5-7-11-17-15/h13-15H,5-9,11-12H2,1-4H3. The Morgan fingerprint density at radius 2 is 1.89 bits per heavy atom. The minimum absolute atomic E-state index is 0.532. The molecule has 0 aromatic heterocycles. The molecule has 1 fully saturated rings. The lowest BCUT2D eigenvalue weighted by atomic mass is 10.2. The van der Waals surface area contributed by atoms with E-state index in [1.54, 1.807) is 0 Å². The van der Waals surface area contributed by atoms with Gasteiger partial charge in [-0.05, 0) is 36.8 Å². The summed E-state index contributed by atoms with van der Waals surface area (Å²) in [5.41, 5.74) is 2.03. The smallest absolute Gasteiger partial charge is 0.0927 e. The fourth-order valence-corrected chi connectivity index (χ4v) is 10.0. The zero-order valence-corrected chi connectivity index (χ0v) is 13.5. The van der Waals surface area contributed by atoms with Crippen LogP contribution >= 0.6 is 0 Å². The molecule has 0 aromatic rings. The van der Waals surface area contributed by atoms with Crippen molar-refractivity contribution in [3.63, 3.8) is 0 Å². The van der Waals surface area contributed by atoms with Gasteiger partial charge in [0.2, 0.25) is 0 Å². The number of rotatable bonds is 6. The molecule has 1 rings (SSSR count). The fraction of sp³-hybridized carbons (Fsp3) is 0.933. The van der Waals surface area contributed by atoms with Crippen LogP contribution in [0, 0.1) is 11.3 Å². The van der Waals surface area contributed by atoms with Gasteiger partial charge >= 0.3 is 0 Å². The number of nitrogens with zero attached hydrogens (tertiary/aromatic N) is 1. The van der Waals surface area contributed by atoms with E-state index in [2.05, 4.69) is 33.8 Å². The summed E-state index contributed by atoms with van der Waals surface area (Å²) < 4.78 is 6.18. The Bertz CT molecular complexity index is 269. The zero-order chi connectivity index (χ0) is 13.6. The molecule has 0 saturated carbocycles. The monoisotopic (exact) mass is 267 g/mol. The summed E-state index contributed by atoms with van der Waals surface area (Å²) in [4.78, 5) is 0. The highest BCUT2D eigenvalue weighted by Crippen LogP contribution is 2.43.